The quantitative estimate of drug-likeness (QED) is 0.676. The maximum Gasteiger partial charge on any atom is 0.252 e. The number of amides is 1. The van der Waals surface area contributed by atoms with E-state index in [1.54, 1.807) is 9.42 Å². The number of carbonyl (C=O) groups excluding carboxylic acids is 1. The standard InChI is InChI=1S/C11H11BrN4OS/c12-8-2-1-3-9-13-11(14-16(8)9)15-5-7(6-18)4-10(15)17/h1-3,7,18H,4-6H2. The topological polar surface area (TPSA) is 50.5 Å². The minimum absolute atomic E-state index is 0.0704. The molecule has 18 heavy (non-hydrogen) atoms. The highest BCUT2D eigenvalue weighted by Gasteiger charge is 2.32. The number of hydrogen-bond acceptors (Lipinski definition) is 4. The lowest BCUT2D eigenvalue weighted by Crippen LogP contribution is -2.25. The third-order valence-electron chi connectivity index (χ3n) is 3.01. The number of halogens is 1. The predicted octanol–water partition coefficient (Wildman–Crippen LogP) is 1.77. The first-order valence-electron chi connectivity index (χ1n) is 5.61. The van der Waals surface area contributed by atoms with Crippen molar-refractivity contribution in [3.63, 3.8) is 0 Å². The molecule has 0 bridgehead atoms. The molecule has 3 rings (SSSR count). The molecular weight excluding hydrogens is 316 g/mol. The lowest BCUT2D eigenvalue weighted by atomic mass is 10.1. The molecule has 0 saturated carbocycles. The second-order valence-electron chi connectivity index (χ2n) is 4.29. The van der Waals surface area contributed by atoms with Crippen molar-refractivity contribution in [3.05, 3.63) is 22.8 Å². The maximum atomic E-state index is 11.9. The number of anilines is 1. The van der Waals surface area contributed by atoms with Crippen LogP contribution in [0.1, 0.15) is 6.42 Å². The Kier molecular flexibility index (Phi) is 3.03. The van der Waals surface area contributed by atoms with E-state index in [2.05, 4.69) is 38.6 Å². The van der Waals surface area contributed by atoms with E-state index in [0.29, 0.717) is 24.7 Å². The lowest BCUT2D eigenvalue weighted by Gasteiger charge is -2.10. The van der Waals surface area contributed by atoms with Crippen LogP contribution in [0, 0.1) is 5.92 Å². The molecule has 2 aromatic rings. The Morgan fingerprint density at radius 1 is 1.50 bits per heavy atom. The number of aromatic nitrogens is 3. The van der Waals surface area contributed by atoms with Crippen molar-refractivity contribution in [2.24, 2.45) is 5.92 Å². The van der Waals surface area contributed by atoms with Gasteiger partial charge in [0.15, 0.2) is 5.65 Å². The van der Waals surface area contributed by atoms with Gasteiger partial charge in [-0.15, -0.1) is 5.10 Å². The molecule has 1 amide bonds. The van der Waals surface area contributed by atoms with Crippen molar-refractivity contribution in [3.8, 4) is 0 Å². The summed E-state index contributed by atoms with van der Waals surface area (Å²) in [6, 6.07) is 5.63. The molecule has 0 spiro atoms. The van der Waals surface area contributed by atoms with Crippen LogP contribution in [-0.4, -0.2) is 32.8 Å². The van der Waals surface area contributed by atoms with E-state index in [4.69, 9.17) is 0 Å². The molecule has 1 aliphatic heterocycles. The molecule has 0 aliphatic carbocycles. The van der Waals surface area contributed by atoms with E-state index in [-0.39, 0.29) is 11.8 Å². The Hall–Kier alpha value is -1.08. The number of thiol groups is 1. The molecule has 7 heteroatoms. The number of rotatable bonds is 2. The van der Waals surface area contributed by atoms with Crippen LogP contribution in [0.4, 0.5) is 5.95 Å². The first kappa shape index (κ1) is 12.0. The summed E-state index contributed by atoms with van der Waals surface area (Å²) in [5, 5.41) is 4.35. The second kappa shape index (κ2) is 4.55. The van der Waals surface area contributed by atoms with Gasteiger partial charge in [-0.05, 0) is 39.7 Å². The van der Waals surface area contributed by atoms with E-state index < -0.39 is 0 Å². The SMILES string of the molecule is O=C1CC(CS)CN1c1nc2cccc(Br)n2n1. The number of fused-ring (bicyclic) bond motifs is 1. The Labute approximate surface area is 118 Å². The van der Waals surface area contributed by atoms with Crippen LogP contribution in [0.2, 0.25) is 0 Å². The normalized spacial score (nSPS) is 20.0. The van der Waals surface area contributed by atoms with Crippen molar-refractivity contribution in [1.29, 1.82) is 0 Å². The van der Waals surface area contributed by atoms with E-state index in [0.717, 1.165) is 10.3 Å². The molecule has 1 unspecified atom stereocenters. The van der Waals surface area contributed by atoms with Crippen LogP contribution in [0.5, 0.6) is 0 Å². The number of pyridine rings is 1. The van der Waals surface area contributed by atoms with Gasteiger partial charge in [-0.1, -0.05) is 6.07 Å². The summed E-state index contributed by atoms with van der Waals surface area (Å²) in [5.41, 5.74) is 0.724. The van der Waals surface area contributed by atoms with E-state index in [1.165, 1.54) is 0 Å². The molecule has 0 aromatic carbocycles. The monoisotopic (exact) mass is 326 g/mol. The van der Waals surface area contributed by atoms with Gasteiger partial charge < -0.3 is 0 Å². The zero-order valence-electron chi connectivity index (χ0n) is 9.45. The fourth-order valence-electron chi connectivity index (χ4n) is 2.07. The smallest absolute Gasteiger partial charge is 0.252 e. The fraction of sp³-hybridized carbons (Fsp3) is 0.364. The van der Waals surface area contributed by atoms with Crippen LogP contribution in [-0.2, 0) is 4.79 Å². The van der Waals surface area contributed by atoms with Crippen molar-refractivity contribution in [1.82, 2.24) is 14.6 Å². The lowest BCUT2D eigenvalue weighted by molar-refractivity contribution is -0.117. The highest BCUT2D eigenvalue weighted by molar-refractivity contribution is 9.10. The van der Waals surface area contributed by atoms with Crippen molar-refractivity contribution >= 4 is 46.1 Å². The van der Waals surface area contributed by atoms with Gasteiger partial charge in [0.1, 0.15) is 4.60 Å². The predicted molar refractivity (Wildman–Crippen MR) is 75.0 cm³/mol. The molecule has 3 heterocycles. The van der Waals surface area contributed by atoms with Gasteiger partial charge >= 0.3 is 0 Å². The number of hydrogen-bond donors (Lipinski definition) is 1. The molecular formula is C11H11BrN4OS. The van der Waals surface area contributed by atoms with Gasteiger partial charge in [0.25, 0.3) is 5.95 Å². The third-order valence-corrected chi connectivity index (χ3v) is 4.12. The summed E-state index contributed by atoms with van der Waals surface area (Å²) in [4.78, 5) is 17.9. The summed E-state index contributed by atoms with van der Waals surface area (Å²) in [5.74, 6) is 1.53. The Bertz CT molecular complexity index is 614. The van der Waals surface area contributed by atoms with Crippen LogP contribution < -0.4 is 4.90 Å². The first-order chi connectivity index (χ1) is 8.69. The highest BCUT2D eigenvalue weighted by atomic mass is 79.9. The summed E-state index contributed by atoms with van der Waals surface area (Å²) in [7, 11) is 0. The van der Waals surface area contributed by atoms with Gasteiger partial charge in [-0.2, -0.15) is 17.6 Å². The Balaban J connectivity index is 2.00. The highest BCUT2D eigenvalue weighted by Crippen LogP contribution is 2.24. The Morgan fingerprint density at radius 3 is 3.00 bits per heavy atom. The molecule has 1 aliphatic rings. The van der Waals surface area contributed by atoms with Crippen molar-refractivity contribution < 1.29 is 4.79 Å². The zero-order chi connectivity index (χ0) is 12.7. The molecule has 0 N–H and O–H groups in total. The van der Waals surface area contributed by atoms with Crippen molar-refractivity contribution in [2.75, 3.05) is 17.2 Å². The molecule has 5 nitrogen and oxygen atoms in total. The van der Waals surface area contributed by atoms with Gasteiger partial charge in [0.05, 0.1) is 0 Å². The second-order valence-corrected chi connectivity index (χ2v) is 5.47. The first-order valence-corrected chi connectivity index (χ1v) is 7.04. The molecule has 1 fully saturated rings. The van der Waals surface area contributed by atoms with Gasteiger partial charge in [0.2, 0.25) is 5.91 Å². The largest absolute Gasteiger partial charge is 0.279 e. The fourth-order valence-corrected chi connectivity index (χ4v) is 2.73. The van der Waals surface area contributed by atoms with Crippen LogP contribution in [0.15, 0.2) is 22.8 Å². The van der Waals surface area contributed by atoms with Gasteiger partial charge in [0, 0.05) is 13.0 Å². The van der Waals surface area contributed by atoms with Gasteiger partial charge in [-0.25, -0.2) is 4.52 Å². The molecule has 2 aromatic heterocycles. The third kappa shape index (κ3) is 1.91. The summed E-state index contributed by atoms with van der Waals surface area (Å²) in [6.45, 7) is 0.650. The van der Waals surface area contributed by atoms with Crippen LogP contribution in [0.3, 0.4) is 0 Å². The van der Waals surface area contributed by atoms with E-state index >= 15 is 0 Å². The van der Waals surface area contributed by atoms with E-state index in [1.807, 2.05) is 18.2 Å². The summed E-state index contributed by atoms with van der Waals surface area (Å²) < 4.78 is 2.49. The minimum atomic E-state index is 0.0704. The zero-order valence-corrected chi connectivity index (χ0v) is 11.9. The molecule has 0 radical (unpaired) electrons. The summed E-state index contributed by atoms with van der Waals surface area (Å²) in [6.07, 6.45) is 0.528. The van der Waals surface area contributed by atoms with Gasteiger partial charge in [-0.3, -0.25) is 9.69 Å². The molecule has 1 atom stereocenters. The van der Waals surface area contributed by atoms with Crippen LogP contribution in [0.25, 0.3) is 5.65 Å². The maximum absolute atomic E-state index is 11.9. The van der Waals surface area contributed by atoms with E-state index in [9.17, 15) is 4.79 Å². The number of carbonyl (C=O) groups is 1. The van der Waals surface area contributed by atoms with Crippen molar-refractivity contribution in [2.45, 2.75) is 6.42 Å². The number of nitrogens with zero attached hydrogens (tertiary/aromatic N) is 4. The molecule has 1 saturated heterocycles. The average Bonchev–Trinajstić information content (AvgIpc) is 2.93. The molecule has 94 valence electrons. The average molecular weight is 327 g/mol. The van der Waals surface area contributed by atoms with Crippen LogP contribution >= 0.6 is 28.6 Å². The minimum Gasteiger partial charge on any atom is -0.279 e. The Morgan fingerprint density at radius 2 is 2.33 bits per heavy atom. The summed E-state index contributed by atoms with van der Waals surface area (Å²) >= 11 is 7.65.